The number of amides is 1. The Balaban J connectivity index is 3.15. The standard InChI is InChI=1S/C13H18B2N2O2S/c1-5-20(19)10-6-7-16-11(8-10)13(14,15)17(4)12(18)9(2)3/h6-9H,5H2,1-4H3. The van der Waals surface area contributed by atoms with E-state index in [1.54, 1.807) is 26.0 Å². The van der Waals surface area contributed by atoms with Crippen molar-refractivity contribution in [1.82, 2.24) is 9.88 Å². The van der Waals surface area contributed by atoms with Crippen LogP contribution in [0, 0.1) is 5.92 Å². The highest BCUT2D eigenvalue weighted by Crippen LogP contribution is 2.22. The van der Waals surface area contributed by atoms with Gasteiger partial charge in [0.1, 0.15) is 0 Å². The van der Waals surface area contributed by atoms with Gasteiger partial charge in [-0.3, -0.25) is 14.0 Å². The van der Waals surface area contributed by atoms with Gasteiger partial charge in [0.2, 0.25) is 5.91 Å². The molecule has 1 rings (SSSR count). The second kappa shape index (κ2) is 6.57. The van der Waals surface area contributed by atoms with Crippen molar-refractivity contribution in [2.45, 2.75) is 31.0 Å². The van der Waals surface area contributed by atoms with E-state index in [1.807, 2.05) is 6.92 Å². The maximum atomic E-state index is 12.0. The molecule has 1 heterocycles. The van der Waals surface area contributed by atoms with E-state index in [2.05, 4.69) is 4.98 Å². The molecule has 0 spiro atoms. The van der Waals surface area contributed by atoms with Crippen molar-refractivity contribution in [1.29, 1.82) is 0 Å². The fourth-order valence-corrected chi connectivity index (χ4v) is 2.47. The van der Waals surface area contributed by atoms with Gasteiger partial charge < -0.3 is 4.90 Å². The molecular formula is C13H18B2N2O2S. The molecule has 0 saturated heterocycles. The molecule has 1 amide bonds. The smallest absolute Gasteiger partial charge is 0.224 e. The van der Waals surface area contributed by atoms with Gasteiger partial charge in [-0.25, -0.2) is 0 Å². The highest BCUT2D eigenvalue weighted by molar-refractivity contribution is 7.85. The van der Waals surface area contributed by atoms with E-state index in [9.17, 15) is 9.00 Å². The number of nitrogens with zero attached hydrogens (tertiary/aromatic N) is 2. The van der Waals surface area contributed by atoms with Crippen molar-refractivity contribution < 1.29 is 9.00 Å². The van der Waals surface area contributed by atoms with Gasteiger partial charge in [-0.1, -0.05) is 20.8 Å². The molecule has 0 fully saturated rings. The summed E-state index contributed by atoms with van der Waals surface area (Å²) in [7, 11) is 12.5. The van der Waals surface area contributed by atoms with Crippen LogP contribution in [0.3, 0.4) is 0 Å². The Bertz CT molecular complexity index is 521. The minimum atomic E-state index is -1.53. The van der Waals surface area contributed by atoms with Gasteiger partial charge in [0.25, 0.3) is 0 Å². The number of hydrogen-bond acceptors (Lipinski definition) is 3. The zero-order valence-electron chi connectivity index (χ0n) is 12.3. The second-order valence-corrected chi connectivity index (χ2v) is 6.63. The van der Waals surface area contributed by atoms with Gasteiger partial charge in [-0.2, -0.15) is 0 Å². The zero-order chi connectivity index (χ0) is 15.5. The monoisotopic (exact) mass is 288 g/mol. The third kappa shape index (κ3) is 3.51. The van der Waals surface area contributed by atoms with Crippen molar-refractivity contribution in [3.63, 3.8) is 0 Å². The average molecular weight is 288 g/mol. The maximum Gasteiger partial charge on any atom is 0.224 e. The molecule has 0 bridgehead atoms. The lowest BCUT2D eigenvalue weighted by atomic mass is 9.58. The van der Waals surface area contributed by atoms with Crippen LogP contribution in [0.15, 0.2) is 23.2 Å². The minimum absolute atomic E-state index is 0.182. The van der Waals surface area contributed by atoms with Gasteiger partial charge in [0, 0.05) is 40.8 Å². The third-order valence-corrected chi connectivity index (χ3v) is 4.35. The van der Waals surface area contributed by atoms with Crippen LogP contribution in [0.4, 0.5) is 0 Å². The average Bonchev–Trinajstić information content (AvgIpc) is 2.44. The number of hydrogen-bond donors (Lipinski definition) is 0. The highest BCUT2D eigenvalue weighted by Gasteiger charge is 2.31. The lowest BCUT2D eigenvalue weighted by molar-refractivity contribution is -0.134. The van der Waals surface area contributed by atoms with Gasteiger partial charge in [-0.05, 0) is 12.1 Å². The van der Waals surface area contributed by atoms with Gasteiger partial charge in [0.05, 0.1) is 26.5 Å². The predicted molar refractivity (Wildman–Crippen MR) is 82.0 cm³/mol. The SMILES string of the molecule is [B]C([B])(c1cc(S(=O)CC)ccn1)N(C)C(=O)C(C)C. The topological polar surface area (TPSA) is 50.3 Å². The van der Waals surface area contributed by atoms with E-state index in [4.69, 9.17) is 15.7 Å². The first-order valence-corrected chi connectivity index (χ1v) is 7.74. The van der Waals surface area contributed by atoms with E-state index in [0.717, 1.165) is 0 Å². The lowest BCUT2D eigenvalue weighted by Gasteiger charge is -2.37. The van der Waals surface area contributed by atoms with E-state index in [0.29, 0.717) is 16.3 Å². The Morgan fingerprint density at radius 3 is 2.60 bits per heavy atom. The number of aromatic nitrogens is 1. The quantitative estimate of drug-likeness (QED) is 0.752. The molecular weight excluding hydrogens is 270 g/mol. The molecule has 0 saturated carbocycles. The summed E-state index contributed by atoms with van der Waals surface area (Å²) < 4.78 is 11.8. The van der Waals surface area contributed by atoms with Gasteiger partial charge in [-0.15, -0.1) is 0 Å². The van der Waals surface area contributed by atoms with Crippen LogP contribution in [0.2, 0.25) is 0 Å². The van der Waals surface area contributed by atoms with Gasteiger partial charge >= 0.3 is 0 Å². The van der Waals surface area contributed by atoms with Crippen LogP contribution in [-0.2, 0) is 20.9 Å². The van der Waals surface area contributed by atoms with Crippen molar-refractivity contribution >= 4 is 32.4 Å². The summed E-state index contributed by atoms with van der Waals surface area (Å²) in [5.74, 6) is 0.0880. The van der Waals surface area contributed by atoms with E-state index < -0.39 is 16.1 Å². The summed E-state index contributed by atoms with van der Waals surface area (Å²) in [6.45, 7) is 5.36. The van der Waals surface area contributed by atoms with Crippen molar-refractivity contribution in [2.75, 3.05) is 12.8 Å². The molecule has 0 aliphatic rings. The van der Waals surface area contributed by atoms with Crippen LogP contribution >= 0.6 is 0 Å². The predicted octanol–water partition coefficient (Wildman–Crippen LogP) is 0.771. The molecule has 1 aromatic heterocycles. The van der Waals surface area contributed by atoms with Crippen molar-refractivity contribution in [2.24, 2.45) is 5.92 Å². The fraction of sp³-hybridized carbons (Fsp3) is 0.538. The Morgan fingerprint density at radius 2 is 2.10 bits per heavy atom. The first-order chi connectivity index (χ1) is 9.21. The summed E-state index contributed by atoms with van der Waals surface area (Å²) in [5.41, 5.74) is 0.313. The van der Waals surface area contributed by atoms with E-state index in [1.165, 1.54) is 18.1 Å². The third-order valence-electron chi connectivity index (χ3n) is 3.05. The largest absolute Gasteiger partial charge is 0.352 e. The molecule has 0 aromatic carbocycles. The normalized spacial score (nSPS) is 13.2. The number of pyridine rings is 1. The van der Waals surface area contributed by atoms with Crippen LogP contribution < -0.4 is 0 Å². The fourth-order valence-electron chi connectivity index (χ4n) is 1.68. The molecule has 0 N–H and O–H groups in total. The number of carbonyl (C=O) groups excluding carboxylic acids is 1. The van der Waals surface area contributed by atoms with E-state index >= 15 is 0 Å². The summed E-state index contributed by atoms with van der Waals surface area (Å²) in [4.78, 5) is 18.0. The molecule has 4 nitrogen and oxygen atoms in total. The molecule has 7 heteroatoms. The summed E-state index contributed by atoms with van der Waals surface area (Å²) in [5, 5.41) is -1.53. The molecule has 1 aromatic rings. The summed E-state index contributed by atoms with van der Waals surface area (Å²) in [6, 6.07) is 3.24. The Hall–Kier alpha value is -1.10. The first kappa shape index (κ1) is 17.0. The minimum Gasteiger partial charge on any atom is -0.352 e. The van der Waals surface area contributed by atoms with E-state index in [-0.39, 0.29) is 11.8 Å². The van der Waals surface area contributed by atoms with Crippen LogP contribution in [-0.4, -0.2) is 48.5 Å². The molecule has 104 valence electrons. The second-order valence-electron chi connectivity index (χ2n) is 4.89. The molecule has 1 atom stereocenters. The summed E-state index contributed by atoms with van der Waals surface area (Å²) in [6.07, 6.45) is 1.50. The molecule has 1 unspecified atom stereocenters. The molecule has 4 radical (unpaired) electrons. The van der Waals surface area contributed by atoms with Crippen LogP contribution in [0.25, 0.3) is 0 Å². The molecule has 0 aliphatic carbocycles. The highest BCUT2D eigenvalue weighted by atomic mass is 32.2. The lowest BCUT2D eigenvalue weighted by Crippen LogP contribution is -2.50. The van der Waals surface area contributed by atoms with Gasteiger partial charge in [0.15, 0.2) is 0 Å². The number of carbonyl (C=O) groups is 1. The van der Waals surface area contributed by atoms with Crippen LogP contribution in [0.5, 0.6) is 0 Å². The van der Waals surface area contributed by atoms with Crippen molar-refractivity contribution in [3.8, 4) is 0 Å². The first-order valence-electron chi connectivity index (χ1n) is 6.42. The van der Waals surface area contributed by atoms with Crippen molar-refractivity contribution in [3.05, 3.63) is 24.0 Å². The zero-order valence-corrected chi connectivity index (χ0v) is 13.1. The Labute approximate surface area is 125 Å². The number of rotatable bonds is 5. The Kier molecular flexibility index (Phi) is 5.57. The molecule has 20 heavy (non-hydrogen) atoms. The molecule has 0 aliphatic heterocycles. The van der Waals surface area contributed by atoms with Crippen LogP contribution in [0.1, 0.15) is 26.5 Å². The maximum absolute atomic E-state index is 12.0. The Morgan fingerprint density at radius 1 is 1.50 bits per heavy atom. The summed E-state index contributed by atoms with van der Waals surface area (Å²) >= 11 is 0.